The van der Waals surface area contributed by atoms with Crippen molar-refractivity contribution in [3.05, 3.63) is 59.2 Å². The summed E-state index contributed by atoms with van der Waals surface area (Å²) >= 11 is 1.42. The number of aromatic nitrogens is 1. The van der Waals surface area contributed by atoms with Crippen molar-refractivity contribution < 1.29 is 9.21 Å². The van der Waals surface area contributed by atoms with Crippen LogP contribution in [0.4, 0.5) is 5.13 Å². The minimum atomic E-state index is -0.102. The van der Waals surface area contributed by atoms with Crippen LogP contribution < -0.4 is 16.4 Å². The molecule has 0 aliphatic heterocycles. The quantitative estimate of drug-likeness (QED) is 0.417. The Bertz CT molecular complexity index is 948. The first kappa shape index (κ1) is 19.6. The van der Waals surface area contributed by atoms with Crippen molar-refractivity contribution in [1.29, 1.82) is 0 Å². The highest BCUT2D eigenvalue weighted by Gasteiger charge is 2.10. The second kappa shape index (κ2) is 9.18. The van der Waals surface area contributed by atoms with Gasteiger partial charge in [0.2, 0.25) is 5.91 Å². The van der Waals surface area contributed by atoms with E-state index in [0.29, 0.717) is 41.4 Å². The van der Waals surface area contributed by atoms with Crippen LogP contribution in [-0.2, 0) is 11.3 Å². The monoisotopic (exact) mass is 397 g/mol. The van der Waals surface area contributed by atoms with Crippen LogP contribution in [0.3, 0.4) is 0 Å². The fourth-order valence-electron chi connectivity index (χ4n) is 2.54. The van der Waals surface area contributed by atoms with E-state index in [1.165, 1.54) is 23.8 Å². The minimum absolute atomic E-state index is 0.102. The summed E-state index contributed by atoms with van der Waals surface area (Å²) in [7, 11) is 0. The molecule has 1 unspecified atom stereocenters. The number of thiazole rings is 1. The molecule has 0 spiro atoms. The first-order valence-corrected chi connectivity index (χ1v) is 9.80. The van der Waals surface area contributed by atoms with E-state index in [1.807, 2.05) is 35.7 Å². The molecule has 2 heterocycles. The molecular weight excluding hydrogens is 374 g/mol. The molecule has 1 atom stereocenters. The molecule has 3 rings (SSSR count). The summed E-state index contributed by atoms with van der Waals surface area (Å²) < 4.78 is 5.71. The van der Waals surface area contributed by atoms with E-state index in [0.717, 1.165) is 0 Å². The zero-order chi connectivity index (χ0) is 19.9. The van der Waals surface area contributed by atoms with Crippen LogP contribution in [-0.4, -0.2) is 23.4 Å². The van der Waals surface area contributed by atoms with E-state index >= 15 is 0 Å². The van der Waals surface area contributed by atoms with Crippen molar-refractivity contribution in [3.8, 4) is 11.5 Å². The minimum Gasteiger partial charge on any atom is -0.458 e. The lowest BCUT2D eigenvalue weighted by Crippen LogP contribution is -2.23. The lowest BCUT2D eigenvalue weighted by Gasteiger charge is -2.09. The number of anilines is 1. The van der Waals surface area contributed by atoms with E-state index in [-0.39, 0.29) is 11.8 Å². The second-order valence-corrected chi connectivity index (χ2v) is 7.23. The first-order chi connectivity index (χ1) is 13.5. The second-order valence-electron chi connectivity index (χ2n) is 6.38. The summed E-state index contributed by atoms with van der Waals surface area (Å²) in [4.78, 5) is 19.9. The number of aliphatic imine (C=N–C) groups is 1. The Hall–Kier alpha value is -3.13. The van der Waals surface area contributed by atoms with E-state index in [1.54, 1.807) is 0 Å². The van der Waals surface area contributed by atoms with Gasteiger partial charge >= 0.3 is 0 Å². The lowest BCUT2D eigenvalue weighted by atomic mass is 10.0. The van der Waals surface area contributed by atoms with Crippen molar-refractivity contribution in [2.45, 2.75) is 26.3 Å². The predicted octanol–water partition coefficient (Wildman–Crippen LogP) is 3.57. The highest BCUT2D eigenvalue weighted by atomic mass is 32.1. The third-order valence-corrected chi connectivity index (χ3v) is 4.83. The Morgan fingerprint density at radius 3 is 2.82 bits per heavy atom. The molecule has 7 nitrogen and oxygen atoms in total. The van der Waals surface area contributed by atoms with Crippen molar-refractivity contribution in [2.75, 3.05) is 11.9 Å². The van der Waals surface area contributed by atoms with Crippen LogP contribution in [0, 0.1) is 0 Å². The molecule has 0 bridgehead atoms. The number of nitrogens with zero attached hydrogens (tertiary/aromatic N) is 2. The maximum absolute atomic E-state index is 11.0. The number of guanidine groups is 1. The number of benzene rings is 1. The number of hydrogen-bond acceptors (Lipinski definition) is 5. The Morgan fingerprint density at radius 1 is 1.29 bits per heavy atom. The smallest absolute Gasteiger partial charge is 0.217 e. The molecular formula is C20H23N5O2S. The molecule has 0 fully saturated rings. The van der Waals surface area contributed by atoms with Gasteiger partial charge in [0.25, 0.3) is 0 Å². The molecule has 0 aliphatic carbocycles. The van der Waals surface area contributed by atoms with Gasteiger partial charge < -0.3 is 20.8 Å². The molecule has 0 saturated carbocycles. The summed E-state index contributed by atoms with van der Waals surface area (Å²) in [6.45, 7) is 4.52. The molecule has 1 aromatic carbocycles. The van der Waals surface area contributed by atoms with Gasteiger partial charge in [-0.2, -0.15) is 0 Å². The first-order valence-electron chi connectivity index (χ1n) is 8.92. The van der Waals surface area contributed by atoms with Crippen LogP contribution in [0.1, 0.15) is 31.1 Å². The zero-order valence-corrected chi connectivity index (χ0v) is 16.6. The highest BCUT2D eigenvalue weighted by Crippen LogP contribution is 2.26. The predicted molar refractivity (Wildman–Crippen MR) is 112 cm³/mol. The number of carbonyl (C=O) groups is 1. The maximum Gasteiger partial charge on any atom is 0.217 e. The Kier molecular flexibility index (Phi) is 6.44. The largest absolute Gasteiger partial charge is 0.458 e. The van der Waals surface area contributed by atoms with Crippen molar-refractivity contribution in [1.82, 2.24) is 10.3 Å². The van der Waals surface area contributed by atoms with Crippen LogP contribution in [0.5, 0.6) is 0 Å². The maximum atomic E-state index is 11.0. The standard InChI is InChI=1S/C20H23N5O2S/c1-13(15-6-4-3-5-7-15)10-23-19(21)25-20-24-17(12-28-20)18-9-8-16(27-18)11-22-14(2)26/h3-9,12-13H,10-11H2,1-2H3,(H,22,26)(H3,21,23,24,25). The molecule has 4 N–H and O–H groups in total. The van der Waals surface area contributed by atoms with Crippen molar-refractivity contribution in [2.24, 2.45) is 10.7 Å². The normalized spacial score (nSPS) is 12.6. The zero-order valence-electron chi connectivity index (χ0n) is 15.8. The number of furan rings is 1. The molecule has 1 amide bonds. The van der Waals surface area contributed by atoms with E-state index in [9.17, 15) is 4.79 Å². The number of rotatable bonds is 7. The van der Waals surface area contributed by atoms with Crippen LogP contribution in [0.15, 0.2) is 57.3 Å². The molecule has 8 heteroatoms. The molecule has 0 saturated heterocycles. The number of carbonyl (C=O) groups excluding carboxylic acids is 1. The number of nitrogens with one attached hydrogen (secondary N) is 2. The van der Waals surface area contributed by atoms with Gasteiger partial charge in [-0.25, -0.2) is 4.98 Å². The average molecular weight is 398 g/mol. The van der Waals surface area contributed by atoms with Gasteiger partial charge in [0, 0.05) is 24.8 Å². The lowest BCUT2D eigenvalue weighted by molar-refractivity contribution is -0.119. The van der Waals surface area contributed by atoms with Crippen LogP contribution >= 0.6 is 11.3 Å². The Morgan fingerprint density at radius 2 is 2.07 bits per heavy atom. The molecule has 146 valence electrons. The van der Waals surface area contributed by atoms with Gasteiger partial charge in [-0.05, 0) is 17.7 Å². The molecule has 0 aliphatic rings. The SMILES string of the molecule is CC(=O)NCc1ccc(-c2csc(NC(N)=NCC(C)c3ccccc3)n2)o1. The van der Waals surface area contributed by atoms with Gasteiger partial charge in [-0.15, -0.1) is 11.3 Å². The van der Waals surface area contributed by atoms with Gasteiger partial charge in [0.15, 0.2) is 16.9 Å². The van der Waals surface area contributed by atoms with Gasteiger partial charge in [0.05, 0.1) is 6.54 Å². The average Bonchev–Trinajstić information content (AvgIpc) is 3.34. The third kappa shape index (κ3) is 5.43. The van der Waals surface area contributed by atoms with Gasteiger partial charge in [-0.3, -0.25) is 9.79 Å². The van der Waals surface area contributed by atoms with Crippen molar-refractivity contribution >= 4 is 28.3 Å². The van der Waals surface area contributed by atoms with Crippen LogP contribution in [0.25, 0.3) is 11.5 Å². The summed E-state index contributed by atoms with van der Waals surface area (Å²) in [6, 6.07) is 13.8. The summed E-state index contributed by atoms with van der Waals surface area (Å²) in [6.07, 6.45) is 0. The number of nitrogens with two attached hydrogens (primary N) is 1. The molecule has 0 radical (unpaired) electrons. The molecule has 2 aromatic heterocycles. The Labute approximate surface area is 167 Å². The number of amides is 1. The molecule has 28 heavy (non-hydrogen) atoms. The fourth-order valence-corrected chi connectivity index (χ4v) is 3.24. The highest BCUT2D eigenvalue weighted by molar-refractivity contribution is 7.14. The molecule has 3 aromatic rings. The topological polar surface area (TPSA) is 106 Å². The van der Waals surface area contributed by atoms with E-state index in [2.05, 4.69) is 39.7 Å². The van der Waals surface area contributed by atoms with E-state index < -0.39 is 0 Å². The fraction of sp³-hybridized carbons (Fsp3) is 0.250. The van der Waals surface area contributed by atoms with Gasteiger partial charge in [-0.1, -0.05) is 37.3 Å². The summed E-state index contributed by atoms with van der Waals surface area (Å²) in [5.74, 6) is 1.81. The van der Waals surface area contributed by atoms with Crippen molar-refractivity contribution in [3.63, 3.8) is 0 Å². The summed E-state index contributed by atoms with van der Waals surface area (Å²) in [5.41, 5.74) is 7.92. The van der Waals surface area contributed by atoms with E-state index in [4.69, 9.17) is 10.2 Å². The third-order valence-electron chi connectivity index (χ3n) is 4.07. The number of hydrogen-bond donors (Lipinski definition) is 3. The summed E-state index contributed by atoms with van der Waals surface area (Å²) in [5, 5.41) is 8.24. The van der Waals surface area contributed by atoms with Crippen LogP contribution in [0.2, 0.25) is 0 Å². The Balaban J connectivity index is 1.57. The van der Waals surface area contributed by atoms with Gasteiger partial charge in [0.1, 0.15) is 11.5 Å².